The molecule has 0 rings (SSSR count). The number of hydrogen-bond donors (Lipinski definition) is 1. The van der Waals surface area contributed by atoms with Gasteiger partial charge >= 0.3 is 51.4 Å². The largest absolute Gasteiger partial charge is 1.00 e. The van der Waals surface area contributed by atoms with Crippen molar-refractivity contribution in [1.82, 2.24) is 5.32 Å². The van der Waals surface area contributed by atoms with Gasteiger partial charge in [0.05, 0.1) is 15.9 Å². The topological polar surface area (TPSA) is 86.3 Å². The molecule has 0 aromatic carbocycles. The maximum atomic E-state index is 11.2. The minimum atomic E-state index is -4.33. The molecule has 0 fully saturated rings. The second kappa shape index (κ2) is 13.4. The molecule has 0 aliphatic carbocycles. The van der Waals surface area contributed by atoms with Gasteiger partial charge in [0.15, 0.2) is 0 Å². The third-order valence-corrected chi connectivity index (χ3v) is 3.65. The molecule has 1 N–H and O–H groups in total. The Balaban J connectivity index is 0. The van der Waals surface area contributed by atoms with Crippen molar-refractivity contribution in [2.75, 3.05) is 5.75 Å². The van der Waals surface area contributed by atoms with E-state index in [1.165, 1.54) is 19.3 Å². The van der Waals surface area contributed by atoms with Crippen LogP contribution in [-0.2, 0) is 14.9 Å². The zero-order valence-electron chi connectivity index (χ0n) is 12.6. The molecule has 5 nitrogen and oxygen atoms in total. The van der Waals surface area contributed by atoms with Crippen LogP contribution < -0.4 is 56.7 Å². The first-order valence-corrected chi connectivity index (χ1v) is 8.33. The Labute approximate surface area is 165 Å². The second-order valence-electron chi connectivity index (χ2n) is 4.69. The summed E-state index contributed by atoms with van der Waals surface area (Å²) < 4.78 is 32.3. The van der Waals surface area contributed by atoms with Gasteiger partial charge in [-0.3, -0.25) is 4.79 Å². The minimum absolute atomic E-state index is 0. The van der Waals surface area contributed by atoms with Gasteiger partial charge in [-0.25, -0.2) is 8.42 Å². The Kier molecular flexibility index (Phi) is 15.5. The molecular weight excluding hydrogens is 305 g/mol. The van der Waals surface area contributed by atoms with Gasteiger partial charge in [-0.2, -0.15) is 0 Å². The Hall–Kier alpha value is 0.756. The molecule has 20 heavy (non-hydrogen) atoms. The van der Waals surface area contributed by atoms with Crippen LogP contribution in [0.4, 0.5) is 0 Å². The van der Waals surface area contributed by atoms with Gasteiger partial charge in [-0.05, 0) is 12.5 Å². The van der Waals surface area contributed by atoms with Crippen LogP contribution in [0.25, 0.3) is 0 Å². The van der Waals surface area contributed by atoms with E-state index in [1.54, 1.807) is 0 Å². The van der Waals surface area contributed by atoms with E-state index >= 15 is 0 Å². The summed E-state index contributed by atoms with van der Waals surface area (Å²) in [6.45, 7) is 5.44. The average molecular weight is 330 g/mol. The minimum Gasteiger partial charge on any atom is -0.748 e. The third-order valence-electron chi connectivity index (χ3n) is 2.84. The van der Waals surface area contributed by atoms with Crippen LogP contribution in [0.3, 0.4) is 0 Å². The van der Waals surface area contributed by atoms with Crippen molar-refractivity contribution in [2.24, 2.45) is 0 Å². The van der Waals surface area contributed by atoms with E-state index in [1.807, 2.05) is 0 Å². The first kappa shape index (κ1) is 23.0. The molecule has 0 aliphatic rings. The molecule has 0 aromatic rings. The molecule has 7 heteroatoms. The van der Waals surface area contributed by atoms with Crippen molar-refractivity contribution in [3.63, 3.8) is 0 Å². The van der Waals surface area contributed by atoms with Crippen LogP contribution in [0.2, 0.25) is 0 Å². The number of carbonyl (C=O) groups is 1. The molecule has 1 unspecified atom stereocenters. The first-order chi connectivity index (χ1) is 8.89. The smallest absolute Gasteiger partial charge is 0.748 e. The number of amides is 1. The zero-order valence-corrected chi connectivity index (χ0v) is 16.5. The Morgan fingerprint density at radius 2 is 1.80 bits per heavy atom. The molecule has 0 aromatic heterocycles. The molecule has 0 aliphatic heterocycles. The molecule has 0 heterocycles. The fraction of sp³-hybridized carbons (Fsp3) is 0.769. The normalized spacial score (nSPS) is 12.3. The summed E-state index contributed by atoms with van der Waals surface area (Å²) >= 11 is 0. The molecular formula is C13H24KNO4S. The second-order valence-corrected chi connectivity index (χ2v) is 6.14. The van der Waals surface area contributed by atoms with Crippen LogP contribution >= 0.6 is 0 Å². The number of hydrogen-bond acceptors (Lipinski definition) is 4. The zero-order chi connectivity index (χ0) is 14.7. The standard InChI is InChI=1S/C13H25NO4S.K/c1-3-5-6-7-8-9-10-12(11-19(16,17)18)14-13(15)4-2;/h4,12H,2-3,5-11H2,1H3,(H,14,15)(H,16,17,18);/q;+1/p-1. The van der Waals surface area contributed by atoms with Crippen molar-refractivity contribution < 1.29 is 69.1 Å². The first-order valence-electron chi connectivity index (χ1n) is 6.75. The van der Waals surface area contributed by atoms with Gasteiger partial charge in [0.25, 0.3) is 0 Å². The van der Waals surface area contributed by atoms with Gasteiger partial charge in [-0.15, -0.1) is 0 Å². The van der Waals surface area contributed by atoms with Crippen LogP contribution in [-0.4, -0.2) is 30.7 Å². The molecule has 0 saturated heterocycles. The van der Waals surface area contributed by atoms with E-state index < -0.39 is 27.8 Å². The van der Waals surface area contributed by atoms with Crippen LogP contribution in [0, 0.1) is 0 Å². The van der Waals surface area contributed by atoms with Gasteiger partial charge in [0, 0.05) is 6.04 Å². The fourth-order valence-electron chi connectivity index (χ4n) is 1.87. The van der Waals surface area contributed by atoms with E-state index in [4.69, 9.17) is 0 Å². The van der Waals surface area contributed by atoms with Crippen molar-refractivity contribution in [2.45, 2.75) is 57.9 Å². The van der Waals surface area contributed by atoms with Gasteiger partial charge in [0.1, 0.15) is 0 Å². The van der Waals surface area contributed by atoms with E-state index in [9.17, 15) is 17.8 Å². The summed E-state index contributed by atoms with van der Waals surface area (Å²) in [5.74, 6) is -0.999. The van der Waals surface area contributed by atoms with E-state index in [0.717, 1.165) is 25.3 Å². The number of carbonyl (C=O) groups excluding carboxylic acids is 1. The fourth-order valence-corrected chi connectivity index (χ4v) is 2.62. The Morgan fingerprint density at radius 1 is 1.25 bits per heavy atom. The summed E-state index contributed by atoms with van der Waals surface area (Å²) in [5.41, 5.74) is 0. The maximum Gasteiger partial charge on any atom is 1.00 e. The van der Waals surface area contributed by atoms with Crippen LogP contribution in [0.15, 0.2) is 12.7 Å². The van der Waals surface area contributed by atoms with Gasteiger partial charge in [-0.1, -0.05) is 52.0 Å². The maximum absolute atomic E-state index is 11.2. The molecule has 1 amide bonds. The molecule has 0 bridgehead atoms. The number of unbranched alkanes of at least 4 members (excludes halogenated alkanes) is 5. The van der Waals surface area contributed by atoms with E-state index in [2.05, 4.69) is 18.8 Å². The Bertz CT molecular complexity index is 371. The summed E-state index contributed by atoms with van der Waals surface area (Å²) in [7, 11) is -4.33. The summed E-state index contributed by atoms with van der Waals surface area (Å²) in [5, 5.41) is 2.49. The quantitative estimate of drug-likeness (QED) is 0.227. The predicted octanol–water partition coefficient (Wildman–Crippen LogP) is -1.04. The molecule has 0 saturated carbocycles. The van der Waals surface area contributed by atoms with Gasteiger partial charge in [0.2, 0.25) is 5.91 Å². The Morgan fingerprint density at radius 3 is 2.30 bits per heavy atom. The summed E-state index contributed by atoms with van der Waals surface area (Å²) in [6.07, 6.45) is 8.01. The summed E-state index contributed by atoms with van der Waals surface area (Å²) in [6, 6.07) is -0.612. The van der Waals surface area contributed by atoms with Crippen molar-refractivity contribution in [3.05, 3.63) is 12.7 Å². The number of nitrogens with one attached hydrogen (secondary N) is 1. The SMILES string of the molecule is C=CC(=O)NC(CCCCCCCC)CS(=O)(=O)[O-].[K+]. The van der Waals surface area contributed by atoms with Crippen LogP contribution in [0.5, 0.6) is 0 Å². The number of rotatable bonds is 11. The monoisotopic (exact) mass is 329 g/mol. The van der Waals surface area contributed by atoms with Crippen molar-refractivity contribution in [3.8, 4) is 0 Å². The molecule has 0 spiro atoms. The molecule has 112 valence electrons. The van der Waals surface area contributed by atoms with Crippen molar-refractivity contribution >= 4 is 16.0 Å². The average Bonchev–Trinajstić information content (AvgIpc) is 2.31. The summed E-state index contributed by atoms with van der Waals surface area (Å²) in [4.78, 5) is 11.2. The van der Waals surface area contributed by atoms with Crippen LogP contribution in [0.1, 0.15) is 51.9 Å². The molecule has 1 atom stereocenters. The van der Waals surface area contributed by atoms with Crippen molar-refractivity contribution in [1.29, 1.82) is 0 Å². The predicted molar refractivity (Wildman–Crippen MR) is 74.7 cm³/mol. The third kappa shape index (κ3) is 15.2. The van der Waals surface area contributed by atoms with E-state index in [-0.39, 0.29) is 51.4 Å². The van der Waals surface area contributed by atoms with E-state index in [0.29, 0.717) is 6.42 Å². The molecule has 0 radical (unpaired) electrons. The van der Waals surface area contributed by atoms with Gasteiger partial charge < -0.3 is 9.87 Å².